The number of rotatable bonds is 6. The molecule has 2 heterocycles. The van der Waals surface area contributed by atoms with Crippen LogP contribution < -0.4 is 5.32 Å². The molecule has 8 nitrogen and oxygen atoms in total. The molecule has 2 aliphatic rings. The van der Waals surface area contributed by atoms with Crippen molar-refractivity contribution >= 4 is 29.1 Å². The lowest BCUT2D eigenvalue weighted by atomic mass is 9.87. The molecule has 1 spiro atoms. The molecule has 208 valence electrons. The van der Waals surface area contributed by atoms with Gasteiger partial charge in [0, 0.05) is 35.3 Å². The highest BCUT2D eigenvalue weighted by molar-refractivity contribution is 6.31. The third kappa shape index (κ3) is 6.00. The van der Waals surface area contributed by atoms with Crippen LogP contribution in [-0.2, 0) is 11.2 Å². The summed E-state index contributed by atoms with van der Waals surface area (Å²) in [4.78, 5) is 38.8. The van der Waals surface area contributed by atoms with Crippen LogP contribution >= 0.6 is 11.6 Å². The Labute approximate surface area is 236 Å². The highest BCUT2D eigenvalue weighted by atomic mass is 35.5. The van der Waals surface area contributed by atoms with Crippen LogP contribution in [0.5, 0.6) is 0 Å². The Morgan fingerprint density at radius 2 is 1.82 bits per heavy atom. The zero-order valence-corrected chi connectivity index (χ0v) is 22.7. The van der Waals surface area contributed by atoms with Crippen LogP contribution in [0.25, 0.3) is 0 Å². The van der Waals surface area contributed by atoms with Crippen molar-refractivity contribution in [1.82, 2.24) is 10.2 Å². The number of hydrogen-bond donors (Lipinski definition) is 1. The Morgan fingerprint density at radius 1 is 1.12 bits per heavy atom. The van der Waals surface area contributed by atoms with Crippen molar-refractivity contribution in [3.63, 3.8) is 0 Å². The molecule has 2 aliphatic heterocycles. The van der Waals surface area contributed by atoms with Gasteiger partial charge >= 0.3 is 0 Å². The second-order valence-corrected chi connectivity index (χ2v) is 11.0. The third-order valence-corrected chi connectivity index (χ3v) is 7.98. The minimum Gasteiger partial charge on any atom is -0.373 e. The first kappa shape index (κ1) is 27.7. The first-order valence-corrected chi connectivity index (χ1v) is 13.5. The van der Waals surface area contributed by atoms with E-state index in [0.29, 0.717) is 50.9 Å². The Morgan fingerprint density at radius 3 is 2.52 bits per heavy atom. The summed E-state index contributed by atoms with van der Waals surface area (Å²) in [5.41, 5.74) is 2.15. The van der Waals surface area contributed by atoms with E-state index in [1.165, 1.54) is 31.2 Å². The number of amides is 2. The number of nitro benzene ring substituents is 1. The van der Waals surface area contributed by atoms with Gasteiger partial charge in [-0.05, 0) is 74.1 Å². The van der Waals surface area contributed by atoms with E-state index in [-0.39, 0.29) is 39.6 Å². The molecule has 2 amide bonds. The number of benzene rings is 3. The lowest BCUT2D eigenvalue weighted by molar-refractivity contribution is -0.385. The topological polar surface area (TPSA) is 102 Å². The van der Waals surface area contributed by atoms with Gasteiger partial charge in [0.15, 0.2) is 0 Å². The van der Waals surface area contributed by atoms with E-state index < -0.39 is 16.4 Å². The highest BCUT2D eigenvalue weighted by Crippen LogP contribution is 2.37. The molecule has 0 saturated carbocycles. The number of halogens is 2. The van der Waals surface area contributed by atoms with Gasteiger partial charge in [0.05, 0.1) is 28.7 Å². The molecule has 1 atom stereocenters. The molecule has 1 unspecified atom stereocenters. The number of carbonyl (C=O) groups excluding carboxylic acids is 2. The molecule has 0 aliphatic carbocycles. The summed E-state index contributed by atoms with van der Waals surface area (Å²) in [6.45, 7) is 2.89. The zero-order valence-electron chi connectivity index (χ0n) is 22.0. The van der Waals surface area contributed by atoms with Gasteiger partial charge in [-0.25, -0.2) is 4.39 Å². The van der Waals surface area contributed by atoms with Gasteiger partial charge in [-0.2, -0.15) is 0 Å². The summed E-state index contributed by atoms with van der Waals surface area (Å²) in [6.07, 6.45) is 2.39. The van der Waals surface area contributed by atoms with Gasteiger partial charge in [0.2, 0.25) is 0 Å². The largest absolute Gasteiger partial charge is 0.373 e. The Bertz CT molecular complexity index is 1470. The summed E-state index contributed by atoms with van der Waals surface area (Å²) >= 11 is 6.02. The SMILES string of the molecule is Cc1c(C(=O)NC2COC3(CCN(C(=O)c4cccc(Cc5cccc(F)c5)c4)CC3)C2)cc(Cl)cc1[N+](=O)[O-]. The minimum absolute atomic E-state index is 0.0585. The van der Waals surface area contributed by atoms with Gasteiger partial charge in [-0.15, -0.1) is 0 Å². The molecule has 2 saturated heterocycles. The smallest absolute Gasteiger partial charge is 0.274 e. The summed E-state index contributed by atoms with van der Waals surface area (Å²) in [7, 11) is 0. The average molecular weight is 566 g/mol. The maximum atomic E-state index is 13.6. The van der Waals surface area contributed by atoms with Gasteiger partial charge in [-0.1, -0.05) is 35.9 Å². The molecular formula is C30H29ClFN3O5. The molecule has 0 bridgehead atoms. The molecule has 3 aromatic rings. The first-order chi connectivity index (χ1) is 19.1. The summed E-state index contributed by atoms with van der Waals surface area (Å²) in [6, 6.07) is 16.3. The Hall–Kier alpha value is -3.82. The van der Waals surface area contributed by atoms with Crippen LogP contribution in [0.2, 0.25) is 5.02 Å². The average Bonchev–Trinajstić information content (AvgIpc) is 3.31. The lowest BCUT2D eigenvalue weighted by Gasteiger charge is -2.38. The number of nitrogens with zero attached hydrogens (tertiary/aromatic N) is 2. The van der Waals surface area contributed by atoms with Crippen molar-refractivity contribution < 1.29 is 23.6 Å². The Kier molecular flexibility index (Phi) is 7.87. The fourth-order valence-corrected chi connectivity index (χ4v) is 5.85. The van der Waals surface area contributed by atoms with Crippen LogP contribution in [0.15, 0.2) is 60.7 Å². The number of carbonyl (C=O) groups is 2. The summed E-state index contributed by atoms with van der Waals surface area (Å²) < 4.78 is 19.7. The number of ether oxygens (including phenoxy) is 1. The van der Waals surface area contributed by atoms with E-state index in [0.717, 1.165) is 11.1 Å². The second kappa shape index (κ2) is 11.3. The van der Waals surface area contributed by atoms with Crippen molar-refractivity contribution in [3.05, 3.63) is 109 Å². The second-order valence-electron chi connectivity index (χ2n) is 10.5. The van der Waals surface area contributed by atoms with Crippen molar-refractivity contribution in [1.29, 1.82) is 0 Å². The van der Waals surface area contributed by atoms with Gasteiger partial charge in [-0.3, -0.25) is 19.7 Å². The third-order valence-electron chi connectivity index (χ3n) is 7.76. The molecule has 0 radical (unpaired) electrons. The predicted molar refractivity (Wildman–Crippen MR) is 148 cm³/mol. The Balaban J connectivity index is 1.18. The monoisotopic (exact) mass is 565 g/mol. The minimum atomic E-state index is -0.554. The number of nitrogens with one attached hydrogen (secondary N) is 1. The fraction of sp³-hybridized carbons (Fsp3) is 0.333. The fourth-order valence-electron chi connectivity index (χ4n) is 5.64. The van der Waals surface area contributed by atoms with Crippen LogP contribution in [0.1, 0.15) is 56.7 Å². The molecule has 10 heteroatoms. The quantitative estimate of drug-likeness (QED) is 0.315. The van der Waals surface area contributed by atoms with E-state index in [1.807, 2.05) is 29.2 Å². The van der Waals surface area contributed by atoms with E-state index in [1.54, 1.807) is 12.1 Å². The number of likely N-dealkylation sites (tertiary alicyclic amines) is 1. The van der Waals surface area contributed by atoms with Crippen molar-refractivity contribution in [2.75, 3.05) is 19.7 Å². The summed E-state index contributed by atoms with van der Waals surface area (Å²) in [5, 5.41) is 14.4. The zero-order chi connectivity index (χ0) is 28.4. The molecule has 1 N–H and O–H groups in total. The first-order valence-electron chi connectivity index (χ1n) is 13.1. The van der Waals surface area contributed by atoms with Gasteiger partial charge in [0.1, 0.15) is 5.82 Å². The van der Waals surface area contributed by atoms with Gasteiger partial charge in [0.25, 0.3) is 17.5 Å². The normalized spacial score (nSPS) is 18.1. The van der Waals surface area contributed by atoms with Gasteiger partial charge < -0.3 is 15.0 Å². The molecular weight excluding hydrogens is 537 g/mol. The maximum Gasteiger partial charge on any atom is 0.274 e. The van der Waals surface area contributed by atoms with Crippen LogP contribution in [0.4, 0.5) is 10.1 Å². The summed E-state index contributed by atoms with van der Waals surface area (Å²) in [5.74, 6) is -0.775. The van der Waals surface area contributed by atoms with Crippen molar-refractivity contribution in [2.24, 2.45) is 0 Å². The maximum absolute atomic E-state index is 13.6. The number of hydrogen-bond acceptors (Lipinski definition) is 5. The molecule has 5 rings (SSSR count). The molecule has 40 heavy (non-hydrogen) atoms. The number of piperidine rings is 1. The highest BCUT2D eigenvalue weighted by Gasteiger charge is 2.44. The number of nitro groups is 1. The van der Waals surface area contributed by atoms with E-state index in [2.05, 4.69) is 5.32 Å². The van der Waals surface area contributed by atoms with Crippen LogP contribution in [0.3, 0.4) is 0 Å². The van der Waals surface area contributed by atoms with E-state index in [9.17, 15) is 24.1 Å². The molecule has 0 aromatic heterocycles. The standard InChI is InChI=1S/C30H29ClFN3O5/c1-19-26(15-23(31)16-27(19)35(38)39)28(36)33-25-17-30(40-18-25)8-10-34(11-9-30)29(37)22-6-2-4-20(13-22)12-21-5-3-7-24(32)14-21/h2-7,13-16,25H,8-12,17-18H2,1H3,(H,33,36). The van der Waals surface area contributed by atoms with Crippen LogP contribution in [0, 0.1) is 22.9 Å². The molecule has 3 aromatic carbocycles. The predicted octanol–water partition coefficient (Wildman–Crippen LogP) is 5.48. The van der Waals surface area contributed by atoms with Crippen molar-refractivity contribution in [3.8, 4) is 0 Å². The molecule has 2 fully saturated rings. The van der Waals surface area contributed by atoms with E-state index >= 15 is 0 Å². The van der Waals surface area contributed by atoms with E-state index in [4.69, 9.17) is 16.3 Å². The van der Waals surface area contributed by atoms with Crippen LogP contribution in [-0.4, -0.2) is 53.0 Å². The lowest BCUT2D eigenvalue weighted by Crippen LogP contribution is -2.47. The van der Waals surface area contributed by atoms with Crippen molar-refractivity contribution in [2.45, 2.75) is 44.2 Å².